The van der Waals surface area contributed by atoms with Gasteiger partial charge in [0.1, 0.15) is 5.78 Å². The fourth-order valence-electron chi connectivity index (χ4n) is 1.63. The minimum atomic E-state index is 0.200. The van der Waals surface area contributed by atoms with Crippen molar-refractivity contribution in [3.63, 3.8) is 0 Å². The third-order valence-corrected chi connectivity index (χ3v) is 2.57. The number of carbonyl (C=O) groups is 1. The summed E-state index contributed by atoms with van der Waals surface area (Å²) in [5, 5.41) is 4.07. The summed E-state index contributed by atoms with van der Waals surface area (Å²) in [6, 6.07) is 0.200. The number of nitrogens with two attached hydrogens (primary N) is 1. The maximum absolute atomic E-state index is 11.5. The molecule has 1 heterocycles. The summed E-state index contributed by atoms with van der Waals surface area (Å²) in [6.45, 7) is 1.97. The summed E-state index contributed by atoms with van der Waals surface area (Å²) < 4.78 is 1.76. The number of nitrogens with zero attached hydrogens (tertiary/aromatic N) is 2. The van der Waals surface area contributed by atoms with Crippen LogP contribution >= 0.6 is 0 Å². The molecule has 0 aliphatic carbocycles. The average molecular weight is 223 g/mol. The Hall–Kier alpha value is -1.16. The zero-order valence-corrected chi connectivity index (χ0v) is 10.1. The van der Waals surface area contributed by atoms with Gasteiger partial charge >= 0.3 is 0 Å². The normalized spacial score (nSPS) is 12.7. The van der Waals surface area contributed by atoms with Crippen molar-refractivity contribution in [2.24, 2.45) is 12.8 Å². The molecule has 16 heavy (non-hydrogen) atoms. The Morgan fingerprint density at radius 3 is 2.88 bits per heavy atom. The van der Waals surface area contributed by atoms with Crippen LogP contribution in [0.3, 0.4) is 0 Å². The van der Waals surface area contributed by atoms with Crippen molar-refractivity contribution in [2.75, 3.05) is 0 Å². The number of hydrogen-bond acceptors (Lipinski definition) is 3. The van der Waals surface area contributed by atoms with Gasteiger partial charge in [-0.3, -0.25) is 9.48 Å². The second kappa shape index (κ2) is 6.43. The zero-order chi connectivity index (χ0) is 12.0. The van der Waals surface area contributed by atoms with Crippen molar-refractivity contribution in [2.45, 2.75) is 45.1 Å². The Bertz CT molecular complexity index is 331. The lowest BCUT2D eigenvalue weighted by molar-refractivity contribution is -0.119. The highest BCUT2D eigenvalue weighted by atomic mass is 16.1. The van der Waals surface area contributed by atoms with Gasteiger partial charge in [0.25, 0.3) is 0 Å². The van der Waals surface area contributed by atoms with Gasteiger partial charge in [-0.25, -0.2) is 0 Å². The van der Waals surface area contributed by atoms with Gasteiger partial charge in [0.2, 0.25) is 0 Å². The molecule has 0 saturated heterocycles. The van der Waals surface area contributed by atoms with E-state index in [4.69, 9.17) is 5.73 Å². The smallest absolute Gasteiger partial charge is 0.133 e. The molecule has 1 unspecified atom stereocenters. The Morgan fingerprint density at radius 2 is 2.31 bits per heavy atom. The van der Waals surface area contributed by atoms with Gasteiger partial charge in [-0.1, -0.05) is 0 Å². The van der Waals surface area contributed by atoms with Gasteiger partial charge < -0.3 is 5.73 Å². The molecule has 0 amide bonds. The predicted octanol–water partition coefficient (Wildman–Crippen LogP) is 1.44. The van der Waals surface area contributed by atoms with Crippen molar-refractivity contribution in [3.8, 4) is 0 Å². The van der Waals surface area contributed by atoms with E-state index in [9.17, 15) is 4.79 Å². The van der Waals surface area contributed by atoms with Gasteiger partial charge in [0, 0.05) is 32.1 Å². The van der Waals surface area contributed by atoms with Crippen molar-refractivity contribution in [1.82, 2.24) is 9.78 Å². The monoisotopic (exact) mass is 223 g/mol. The molecule has 4 nitrogen and oxygen atoms in total. The fraction of sp³-hybridized carbons (Fsp3) is 0.667. The van der Waals surface area contributed by atoms with Crippen LogP contribution in [0.25, 0.3) is 0 Å². The van der Waals surface area contributed by atoms with E-state index in [1.165, 1.54) is 0 Å². The Balaban J connectivity index is 2.15. The van der Waals surface area contributed by atoms with Crippen LogP contribution in [-0.2, 0) is 18.3 Å². The van der Waals surface area contributed by atoms with E-state index in [-0.39, 0.29) is 6.04 Å². The van der Waals surface area contributed by atoms with E-state index < -0.39 is 0 Å². The van der Waals surface area contributed by atoms with E-state index in [1.54, 1.807) is 4.68 Å². The highest BCUT2D eigenvalue weighted by Gasteiger charge is 2.04. The van der Waals surface area contributed by atoms with Crippen LogP contribution in [0.4, 0.5) is 0 Å². The number of hydrogen-bond donors (Lipinski definition) is 1. The van der Waals surface area contributed by atoms with E-state index in [1.807, 2.05) is 26.4 Å². The third kappa shape index (κ3) is 5.07. The standard InChI is InChI=1S/C12H21N3O/c1-10(13)4-3-5-12(16)7-6-11-8-14-15(2)9-11/h8-10H,3-7,13H2,1-2H3. The topological polar surface area (TPSA) is 60.9 Å². The van der Waals surface area contributed by atoms with Gasteiger partial charge in [0.05, 0.1) is 6.20 Å². The number of carbonyl (C=O) groups excluding carboxylic acids is 1. The lowest BCUT2D eigenvalue weighted by atomic mass is 10.0. The molecular weight excluding hydrogens is 202 g/mol. The number of Topliss-reactive ketones (excluding diaryl/α,β-unsaturated/α-hetero) is 1. The maximum atomic E-state index is 11.5. The zero-order valence-electron chi connectivity index (χ0n) is 10.1. The minimum Gasteiger partial charge on any atom is -0.328 e. The molecule has 1 aromatic rings. The molecule has 1 rings (SSSR count). The molecule has 0 radical (unpaired) electrons. The van der Waals surface area contributed by atoms with Crippen LogP contribution in [-0.4, -0.2) is 21.6 Å². The summed E-state index contributed by atoms with van der Waals surface area (Å²) in [6.07, 6.45) is 7.67. The minimum absolute atomic E-state index is 0.200. The fourth-order valence-corrected chi connectivity index (χ4v) is 1.63. The molecule has 1 aromatic heterocycles. The van der Waals surface area contributed by atoms with Gasteiger partial charge in [-0.05, 0) is 31.7 Å². The number of aromatic nitrogens is 2. The largest absolute Gasteiger partial charge is 0.328 e. The lowest BCUT2D eigenvalue weighted by Gasteiger charge is -2.03. The van der Waals surface area contributed by atoms with Crippen molar-refractivity contribution in [3.05, 3.63) is 18.0 Å². The first-order valence-electron chi connectivity index (χ1n) is 5.82. The quantitative estimate of drug-likeness (QED) is 0.761. The predicted molar refractivity (Wildman–Crippen MR) is 64.0 cm³/mol. The summed E-state index contributed by atoms with van der Waals surface area (Å²) in [5.41, 5.74) is 6.75. The summed E-state index contributed by atoms with van der Waals surface area (Å²) in [7, 11) is 1.88. The van der Waals surface area contributed by atoms with Crippen molar-refractivity contribution >= 4 is 5.78 Å². The molecule has 90 valence electrons. The molecule has 0 saturated carbocycles. The SMILES string of the molecule is CC(N)CCCC(=O)CCc1cnn(C)c1. The van der Waals surface area contributed by atoms with Crippen molar-refractivity contribution in [1.29, 1.82) is 0 Å². The lowest BCUT2D eigenvalue weighted by Crippen LogP contribution is -2.14. The first-order valence-corrected chi connectivity index (χ1v) is 5.82. The molecule has 0 bridgehead atoms. The molecule has 0 aromatic carbocycles. The molecular formula is C12H21N3O. The van der Waals surface area contributed by atoms with Crippen LogP contribution in [0, 0.1) is 0 Å². The summed E-state index contributed by atoms with van der Waals surface area (Å²) in [4.78, 5) is 11.5. The Morgan fingerprint density at radius 1 is 1.56 bits per heavy atom. The number of ketones is 1. The van der Waals surface area contributed by atoms with Crippen LogP contribution in [0.5, 0.6) is 0 Å². The molecule has 2 N–H and O–H groups in total. The Labute approximate surface area is 96.8 Å². The maximum Gasteiger partial charge on any atom is 0.133 e. The van der Waals surface area contributed by atoms with E-state index in [0.717, 1.165) is 24.8 Å². The van der Waals surface area contributed by atoms with Gasteiger partial charge in [0.15, 0.2) is 0 Å². The van der Waals surface area contributed by atoms with Crippen LogP contribution in [0.1, 0.15) is 38.2 Å². The van der Waals surface area contributed by atoms with Crippen LogP contribution in [0.2, 0.25) is 0 Å². The van der Waals surface area contributed by atoms with E-state index >= 15 is 0 Å². The molecule has 0 aliphatic heterocycles. The first kappa shape index (κ1) is 12.9. The molecule has 0 spiro atoms. The van der Waals surface area contributed by atoms with E-state index in [2.05, 4.69) is 5.10 Å². The second-order valence-electron chi connectivity index (χ2n) is 4.43. The molecule has 0 aliphatic rings. The number of aryl methyl sites for hydroxylation is 2. The van der Waals surface area contributed by atoms with E-state index in [0.29, 0.717) is 18.6 Å². The third-order valence-electron chi connectivity index (χ3n) is 2.57. The highest BCUT2D eigenvalue weighted by molar-refractivity contribution is 5.78. The number of rotatable bonds is 7. The average Bonchev–Trinajstić information content (AvgIpc) is 2.61. The summed E-state index contributed by atoms with van der Waals surface area (Å²) in [5.74, 6) is 0.324. The van der Waals surface area contributed by atoms with Crippen LogP contribution in [0.15, 0.2) is 12.4 Å². The van der Waals surface area contributed by atoms with Gasteiger partial charge in [-0.2, -0.15) is 5.10 Å². The molecule has 0 fully saturated rings. The first-order chi connectivity index (χ1) is 7.58. The van der Waals surface area contributed by atoms with Gasteiger partial charge in [-0.15, -0.1) is 0 Å². The molecule has 4 heteroatoms. The highest BCUT2D eigenvalue weighted by Crippen LogP contribution is 2.06. The molecule has 1 atom stereocenters. The van der Waals surface area contributed by atoms with Crippen LogP contribution < -0.4 is 5.73 Å². The summed E-state index contributed by atoms with van der Waals surface area (Å²) >= 11 is 0. The Kier molecular flexibility index (Phi) is 5.19. The second-order valence-corrected chi connectivity index (χ2v) is 4.43. The van der Waals surface area contributed by atoms with Crippen molar-refractivity contribution < 1.29 is 4.79 Å².